The molecule has 65 heavy (non-hydrogen) atoms. The maximum absolute atomic E-state index is 10.9. The Morgan fingerprint density at radius 2 is 0.985 bits per heavy atom. The first-order chi connectivity index (χ1) is 28.8. The first-order valence-corrected chi connectivity index (χ1v) is 20.6. The van der Waals surface area contributed by atoms with Crippen LogP contribution in [0.15, 0.2) is 38.0 Å². The van der Waals surface area contributed by atoms with E-state index < -0.39 is 52.9 Å². The molecule has 4 heterocycles. The SMILES string of the molecule is C.C.C.C=CC(=O)Cl.C=CC(=O)OC(C)COCC(O)CO.C=CC(=O)OC(C)COCC1COC(C)(C)O1.CC(O)COCC1COC(C)(C)O1.CC1(C)OCC(CO)O1.CC1CO1. The van der Waals surface area contributed by atoms with Gasteiger partial charge in [-0.15, -0.1) is 0 Å². The Balaban J connectivity index is -0.000000230. The van der Waals surface area contributed by atoms with Crippen molar-refractivity contribution in [2.24, 2.45) is 0 Å². The van der Waals surface area contributed by atoms with Gasteiger partial charge in [-0.1, -0.05) is 42.0 Å². The molecule has 0 bridgehead atoms. The van der Waals surface area contributed by atoms with Gasteiger partial charge in [-0.2, -0.15) is 0 Å². The monoisotopic (exact) mass is 967 g/mol. The number of allylic oxidation sites excluding steroid dienone is 1. The Morgan fingerprint density at radius 1 is 0.646 bits per heavy atom. The summed E-state index contributed by atoms with van der Waals surface area (Å²) in [6.07, 6.45) is 1.63. The zero-order valence-electron chi connectivity index (χ0n) is 38.2. The number of halogens is 1. The van der Waals surface area contributed by atoms with Gasteiger partial charge >= 0.3 is 11.9 Å². The molecule has 4 aliphatic rings. The molecule has 0 saturated carbocycles. The van der Waals surface area contributed by atoms with Crippen LogP contribution in [0.3, 0.4) is 0 Å². The van der Waals surface area contributed by atoms with E-state index in [9.17, 15) is 14.4 Å². The topological polar surface area (TPSA) is 246 Å². The first-order valence-electron chi connectivity index (χ1n) is 20.2. The van der Waals surface area contributed by atoms with Gasteiger partial charge in [0.15, 0.2) is 17.4 Å². The van der Waals surface area contributed by atoms with Gasteiger partial charge in [-0.3, -0.25) is 4.79 Å². The minimum atomic E-state index is -0.891. The fourth-order valence-electron chi connectivity index (χ4n) is 4.36. The molecule has 0 aromatic heterocycles. The maximum atomic E-state index is 10.9. The minimum Gasteiger partial charge on any atom is -0.457 e. The second kappa shape index (κ2) is 39.5. The Morgan fingerprint density at radius 3 is 1.23 bits per heavy atom. The zero-order chi connectivity index (χ0) is 47.9. The average Bonchev–Trinajstić information content (AvgIpc) is 3.60. The van der Waals surface area contributed by atoms with Gasteiger partial charge < -0.3 is 77.3 Å². The summed E-state index contributed by atoms with van der Waals surface area (Å²) in [5, 5.41) is 34.4. The molecule has 19 nitrogen and oxygen atoms in total. The summed E-state index contributed by atoms with van der Waals surface area (Å²) in [4.78, 5) is 31.0. The molecule has 4 aliphatic heterocycles. The van der Waals surface area contributed by atoms with Crippen molar-refractivity contribution < 1.29 is 91.7 Å². The molecule has 4 fully saturated rings. The standard InChI is InChI=1S/C12H20O5.C9H16O5.C9H18O4.C6H12O3.C3H3ClO.C3H6O.3CH4/c1-5-11(13)16-9(2)6-14-7-10-8-15-12(3,4)17-10;1-3-9(12)14-7(2)5-13-6-8(11)4-10;1-7(10)4-11-5-8-6-12-9(2,3)13-8;1-6(2)8-4-5(3-7)9-6;1-2-3(4)5;1-3-2-4-3;;;/h5,9-10H,1,6-8H2,2-4H3;3,7-8,10-11H,1,4-6H2,2H3;7-8,10H,4-6H2,1-3H3;5,7H,3-4H2,1-2H3;2H,1H2;3H,2H2,1H3;3*1H4. The van der Waals surface area contributed by atoms with Crippen LogP contribution in [0.5, 0.6) is 0 Å². The molecular formula is C45H87ClO19. The summed E-state index contributed by atoms with van der Waals surface area (Å²) in [5.74, 6) is -2.47. The largest absolute Gasteiger partial charge is 0.457 e. The quantitative estimate of drug-likeness (QED) is 0.0595. The molecule has 8 unspecified atom stereocenters. The van der Waals surface area contributed by atoms with Crippen LogP contribution in [0, 0.1) is 0 Å². The van der Waals surface area contributed by atoms with Crippen LogP contribution in [0.25, 0.3) is 0 Å². The minimum absolute atomic E-state index is 0. The number of esters is 2. The van der Waals surface area contributed by atoms with Crippen molar-refractivity contribution in [2.45, 2.75) is 158 Å². The van der Waals surface area contributed by atoms with Gasteiger partial charge in [0.05, 0.1) is 91.5 Å². The summed E-state index contributed by atoms with van der Waals surface area (Å²) in [6, 6.07) is 0. The van der Waals surface area contributed by atoms with Crippen molar-refractivity contribution in [3.05, 3.63) is 38.0 Å². The highest BCUT2D eigenvalue weighted by atomic mass is 35.5. The van der Waals surface area contributed by atoms with E-state index in [2.05, 4.69) is 26.7 Å². The number of ether oxygens (including phenoxy) is 12. The third-order valence-corrected chi connectivity index (χ3v) is 7.38. The second-order valence-corrected chi connectivity index (χ2v) is 15.8. The number of carbonyl (C=O) groups is 3. The number of aliphatic hydroxyl groups is 4. The van der Waals surface area contributed by atoms with E-state index in [1.165, 1.54) is 0 Å². The molecule has 8 atom stereocenters. The van der Waals surface area contributed by atoms with E-state index in [-0.39, 0.29) is 73.1 Å². The van der Waals surface area contributed by atoms with Crippen molar-refractivity contribution >= 4 is 28.8 Å². The highest BCUT2D eigenvalue weighted by molar-refractivity contribution is 6.66. The van der Waals surface area contributed by atoms with Gasteiger partial charge in [0.1, 0.15) is 36.6 Å². The molecule has 0 aromatic carbocycles. The van der Waals surface area contributed by atoms with Crippen LogP contribution in [-0.2, 0) is 71.2 Å². The molecule has 0 spiro atoms. The van der Waals surface area contributed by atoms with Crippen molar-refractivity contribution in [3.63, 3.8) is 0 Å². The number of aliphatic hydroxyl groups excluding tert-OH is 4. The van der Waals surface area contributed by atoms with E-state index >= 15 is 0 Å². The lowest BCUT2D eigenvalue weighted by atomic mass is 10.4. The number of hydrogen-bond acceptors (Lipinski definition) is 19. The Hall–Kier alpha value is -2.44. The van der Waals surface area contributed by atoms with E-state index in [1.807, 2.05) is 41.5 Å². The first kappa shape index (κ1) is 71.6. The Kier molecular flexibility index (Phi) is 43.5. The summed E-state index contributed by atoms with van der Waals surface area (Å²) in [6.45, 7) is 32.0. The van der Waals surface area contributed by atoms with Gasteiger partial charge in [0.2, 0.25) is 5.24 Å². The number of epoxide rings is 1. The fraction of sp³-hybridized carbons (Fsp3) is 0.800. The third kappa shape index (κ3) is 45.1. The smallest absolute Gasteiger partial charge is 0.330 e. The van der Waals surface area contributed by atoms with Gasteiger partial charge in [-0.05, 0) is 86.9 Å². The summed E-state index contributed by atoms with van der Waals surface area (Å²) < 4.78 is 62.2. The molecule has 0 radical (unpaired) electrons. The van der Waals surface area contributed by atoms with Crippen LogP contribution >= 0.6 is 11.6 Å². The fourth-order valence-corrected chi connectivity index (χ4v) is 4.36. The molecule has 388 valence electrons. The number of hydrogen-bond donors (Lipinski definition) is 4. The Labute approximate surface area is 394 Å². The lowest BCUT2D eigenvalue weighted by molar-refractivity contribution is -0.151. The van der Waals surface area contributed by atoms with Crippen molar-refractivity contribution in [2.75, 3.05) is 79.3 Å². The number of carbonyl (C=O) groups excluding carboxylic acids is 3. The highest BCUT2D eigenvalue weighted by Gasteiger charge is 2.34. The second-order valence-electron chi connectivity index (χ2n) is 15.4. The molecule has 0 aromatic rings. The number of rotatable bonds is 19. The van der Waals surface area contributed by atoms with E-state index in [4.69, 9.17) is 88.9 Å². The summed E-state index contributed by atoms with van der Waals surface area (Å²) >= 11 is 4.71. The lowest BCUT2D eigenvalue weighted by Gasteiger charge is -2.17. The molecule has 4 saturated heterocycles. The van der Waals surface area contributed by atoms with E-state index in [0.29, 0.717) is 52.4 Å². The van der Waals surface area contributed by atoms with Crippen molar-refractivity contribution in [1.29, 1.82) is 0 Å². The summed E-state index contributed by atoms with van der Waals surface area (Å²) in [5.41, 5.74) is 0. The lowest BCUT2D eigenvalue weighted by Crippen LogP contribution is -2.26. The molecule has 0 amide bonds. The van der Waals surface area contributed by atoms with Crippen LogP contribution in [-0.4, -0.2) is 183 Å². The van der Waals surface area contributed by atoms with E-state index in [1.54, 1.807) is 20.8 Å². The van der Waals surface area contributed by atoms with Crippen LogP contribution < -0.4 is 0 Å². The normalized spacial score (nSPS) is 22.8. The molecule has 4 rings (SSSR count). The van der Waals surface area contributed by atoms with Crippen molar-refractivity contribution in [3.8, 4) is 0 Å². The predicted octanol–water partition coefficient (Wildman–Crippen LogP) is 4.66. The van der Waals surface area contributed by atoms with E-state index in [0.717, 1.165) is 24.8 Å². The zero-order valence-corrected chi connectivity index (χ0v) is 39.0. The molecule has 4 N–H and O–H groups in total. The van der Waals surface area contributed by atoms with Crippen molar-refractivity contribution in [1.82, 2.24) is 0 Å². The molecule has 0 aliphatic carbocycles. The molecular weight excluding hydrogens is 880 g/mol. The van der Waals surface area contributed by atoms with Crippen LogP contribution in [0.1, 0.15) is 91.5 Å². The Bertz CT molecular complexity index is 1240. The molecule has 20 heteroatoms. The summed E-state index contributed by atoms with van der Waals surface area (Å²) in [7, 11) is 0. The third-order valence-electron chi connectivity index (χ3n) is 7.23. The van der Waals surface area contributed by atoms with Gasteiger partial charge in [0.25, 0.3) is 0 Å². The predicted molar refractivity (Wildman–Crippen MR) is 247 cm³/mol. The average molecular weight is 968 g/mol. The van der Waals surface area contributed by atoms with Gasteiger partial charge in [-0.25, -0.2) is 9.59 Å². The highest BCUT2D eigenvalue weighted by Crippen LogP contribution is 2.23. The van der Waals surface area contributed by atoms with Crippen LogP contribution in [0.2, 0.25) is 0 Å². The van der Waals surface area contributed by atoms with Crippen LogP contribution in [0.4, 0.5) is 0 Å². The maximum Gasteiger partial charge on any atom is 0.330 e. The van der Waals surface area contributed by atoms with Gasteiger partial charge in [0, 0.05) is 12.2 Å².